The van der Waals surface area contributed by atoms with Crippen LogP contribution in [0.5, 0.6) is 0 Å². The number of nitrogens with one attached hydrogen (secondary N) is 3. The van der Waals surface area contributed by atoms with Gasteiger partial charge in [0.15, 0.2) is 0 Å². The lowest BCUT2D eigenvalue weighted by molar-refractivity contribution is 0.0954. The summed E-state index contributed by atoms with van der Waals surface area (Å²) in [6.07, 6.45) is 1.80. The molecule has 0 spiro atoms. The van der Waals surface area contributed by atoms with Crippen LogP contribution in [-0.4, -0.2) is 45.7 Å². The van der Waals surface area contributed by atoms with Crippen molar-refractivity contribution in [3.8, 4) is 0 Å². The van der Waals surface area contributed by atoms with Crippen LogP contribution in [0.2, 0.25) is 0 Å². The molecule has 3 N–H and O–H groups in total. The highest BCUT2D eigenvalue weighted by atomic mass is 32.2. The lowest BCUT2D eigenvalue weighted by Gasteiger charge is -2.09. The minimum absolute atomic E-state index is 0.162. The first-order valence-corrected chi connectivity index (χ1v) is 8.16. The van der Waals surface area contributed by atoms with Crippen molar-refractivity contribution >= 4 is 21.7 Å². The van der Waals surface area contributed by atoms with Crippen LogP contribution in [0, 0.1) is 0 Å². The number of carbonyl (C=O) groups excluding carboxylic acids is 1. The maximum absolute atomic E-state index is 12.0. The number of amides is 1. The van der Waals surface area contributed by atoms with E-state index in [1.807, 2.05) is 6.92 Å². The molecule has 0 unspecified atom stereocenters. The molecule has 1 amide bonds. The monoisotopic (exact) mass is 300 g/mol. The van der Waals surface area contributed by atoms with E-state index in [0.29, 0.717) is 11.4 Å². The molecule has 7 nitrogen and oxygen atoms in total. The lowest BCUT2D eigenvalue weighted by Crippen LogP contribution is -2.34. The van der Waals surface area contributed by atoms with Gasteiger partial charge in [-0.1, -0.05) is 6.92 Å². The summed E-state index contributed by atoms with van der Waals surface area (Å²) in [5, 5.41) is 5.55. The molecule has 0 aliphatic heterocycles. The lowest BCUT2D eigenvalue weighted by atomic mass is 10.2. The molecule has 0 aliphatic carbocycles. The Morgan fingerprint density at radius 2 is 2.00 bits per heavy atom. The van der Waals surface area contributed by atoms with Crippen LogP contribution < -0.4 is 15.4 Å². The molecule has 0 saturated heterocycles. The van der Waals surface area contributed by atoms with E-state index in [1.54, 1.807) is 19.2 Å². The van der Waals surface area contributed by atoms with Crippen molar-refractivity contribution in [1.29, 1.82) is 0 Å². The largest absolute Gasteiger partial charge is 0.373 e. The summed E-state index contributed by atoms with van der Waals surface area (Å²) in [5.74, 6) is 0.373. The fourth-order valence-electron chi connectivity index (χ4n) is 1.54. The fraction of sp³-hybridized carbons (Fsp3) is 0.500. The number of sulfonamides is 1. The van der Waals surface area contributed by atoms with Crippen molar-refractivity contribution in [1.82, 2.24) is 15.0 Å². The van der Waals surface area contributed by atoms with Gasteiger partial charge in [0.1, 0.15) is 5.82 Å². The number of aromatic nitrogens is 1. The summed E-state index contributed by atoms with van der Waals surface area (Å²) in [7, 11) is -1.49. The van der Waals surface area contributed by atoms with E-state index < -0.39 is 10.0 Å². The molecule has 112 valence electrons. The Kier molecular flexibility index (Phi) is 5.90. The summed E-state index contributed by atoms with van der Waals surface area (Å²) in [5.41, 5.74) is 1.32. The quantitative estimate of drug-likeness (QED) is 0.614. The zero-order valence-electron chi connectivity index (χ0n) is 11.9. The summed E-state index contributed by atoms with van der Waals surface area (Å²) in [6.45, 7) is 2.35. The highest BCUT2D eigenvalue weighted by Crippen LogP contribution is 2.10. The topological polar surface area (TPSA) is 100 Å². The second kappa shape index (κ2) is 7.20. The van der Waals surface area contributed by atoms with Crippen LogP contribution in [0.15, 0.2) is 12.1 Å². The molecule has 1 aromatic rings. The average molecular weight is 300 g/mol. The minimum Gasteiger partial charge on any atom is -0.373 e. The summed E-state index contributed by atoms with van der Waals surface area (Å²) < 4.78 is 24.1. The molecule has 0 saturated carbocycles. The van der Waals surface area contributed by atoms with Gasteiger partial charge in [-0.2, -0.15) is 0 Å². The number of pyridine rings is 1. The zero-order valence-corrected chi connectivity index (χ0v) is 12.7. The molecule has 20 heavy (non-hydrogen) atoms. The molecular weight excluding hydrogens is 280 g/mol. The van der Waals surface area contributed by atoms with Crippen molar-refractivity contribution in [2.75, 3.05) is 31.7 Å². The molecule has 1 aromatic heterocycles. The number of hydrogen-bond acceptors (Lipinski definition) is 5. The highest BCUT2D eigenvalue weighted by Gasteiger charge is 2.09. The second-order valence-electron chi connectivity index (χ2n) is 4.26. The van der Waals surface area contributed by atoms with Crippen LogP contribution in [0.1, 0.15) is 23.0 Å². The molecule has 0 atom stereocenters. The Labute approximate surface area is 119 Å². The second-order valence-corrected chi connectivity index (χ2v) is 6.09. The highest BCUT2D eigenvalue weighted by molar-refractivity contribution is 7.88. The fourth-order valence-corrected chi connectivity index (χ4v) is 2.02. The molecule has 0 aliphatic rings. The van der Waals surface area contributed by atoms with Gasteiger partial charge in [-0.05, 0) is 18.6 Å². The van der Waals surface area contributed by atoms with E-state index in [-0.39, 0.29) is 19.0 Å². The van der Waals surface area contributed by atoms with E-state index in [9.17, 15) is 13.2 Å². The molecule has 0 fully saturated rings. The number of anilines is 1. The van der Waals surface area contributed by atoms with Gasteiger partial charge >= 0.3 is 0 Å². The molecule has 8 heteroatoms. The Hall–Kier alpha value is -1.67. The van der Waals surface area contributed by atoms with Crippen LogP contribution >= 0.6 is 0 Å². The zero-order chi connectivity index (χ0) is 15.2. The molecular formula is C12H20N4O3S. The first-order valence-electron chi connectivity index (χ1n) is 6.27. The van der Waals surface area contributed by atoms with Crippen molar-refractivity contribution < 1.29 is 13.2 Å². The Morgan fingerprint density at radius 3 is 2.55 bits per heavy atom. The van der Waals surface area contributed by atoms with Gasteiger partial charge in [-0.3, -0.25) is 4.79 Å². The van der Waals surface area contributed by atoms with Gasteiger partial charge in [0.25, 0.3) is 5.91 Å². The molecule has 1 rings (SSSR count). The Morgan fingerprint density at radius 1 is 1.30 bits per heavy atom. The van der Waals surface area contributed by atoms with E-state index in [0.717, 1.165) is 18.4 Å². The normalized spacial score (nSPS) is 11.2. The smallest absolute Gasteiger partial charge is 0.251 e. The number of rotatable bonds is 7. The van der Waals surface area contributed by atoms with Crippen LogP contribution in [0.25, 0.3) is 0 Å². The van der Waals surface area contributed by atoms with E-state index in [2.05, 4.69) is 20.3 Å². The van der Waals surface area contributed by atoms with E-state index in [1.165, 1.54) is 0 Å². The molecule has 0 radical (unpaired) electrons. The molecule has 0 aromatic carbocycles. The van der Waals surface area contributed by atoms with Gasteiger partial charge in [0, 0.05) is 31.4 Å². The van der Waals surface area contributed by atoms with Crippen molar-refractivity contribution in [3.05, 3.63) is 23.4 Å². The predicted octanol–water partition coefficient (Wildman–Crippen LogP) is -0.0353. The maximum atomic E-state index is 12.0. The van der Waals surface area contributed by atoms with Gasteiger partial charge in [0.05, 0.1) is 6.26 Å². The standard InChI is InChI=1S/C12H20N4O3S/c1-4-10-7-9(8-11(13-2)16-10)12(17)14-5-6-15-20(3,18)19/h7-8,15H,4-6H2,1-3H3,(H,13,16)(H,14,17). The summed E-state index contributed by atoms with van der Waals surface area (Å²) in [4.78, 5) is 16.3. The Balaban J connectivity index is 2.63. The number of hydrogen-bond donors (Lipinski definition) is 3. The molecule has 0 bridgehead atoms. The first kappa shape index (κ1) is 16.4. The van der Waals surface area contributed by atoms with Crippen LogP contribution in [0.3, 0.4) is 0 Å². The van der Waals surface area contributed by atoms with Crippen molar-refractivity contribution in [2.24, 2.45) is 0 Å². The third-order valence-electron chi connectivity index (χ3n) is 2.53. The van der Waals surface area contributed by atoms with Crippen molar-refractivity contribution in [3.63, 3.8) is 0 Å². The average Bonchev–Trinajstić information content (AvgIpc) is 2.41. The first-order chi connectivity index (χ1) is 9.35. The predicted molar refractivity (Wildman–Crippen MR) is 78.3 cm³/mol. The van der Waals surface area contributed by atoms with E-state index >= 15 is 0 Å². The number of carbonyl (C=O) groups is 1. The van der Waals surface area contributed by atoms with Crippen LogP contribution in [-0.2, 0) is 16.4 Å². The Bertz CT molecular complexity index is 550. The minimum atomic E-state index is -3.23. The van der Waals surface area contributed by atoms with Crippen molar-refractivity contribution in [2.45, 2.75) is 13.3 Å². The molecule has 1 heterocycles. The third kappa shape index (κ3) is 5.54. The summed E-state index contributed by atoms with van der Waals surface area (Å²) >= 11 is 0. The number of nitrogens with zero attached hydrogens (tertiary/aromatic N) is 1. The summed E-state index contributed by atoms with van der Waals surface area (Å²) in [6, 6.07) is 3.37. The van der Waals surface area contributed by atoms with Gasteiger partial charge < -0.3 is 10.6 Å². The van der Waals surface area contributed by atoms with Gasteiger partial charge in [0.2, 0.25) is 10.0 Å². The van der Waals surface area contributed by atoms with E-state index in [4.69, 9.17) is 0 Å². The van der Waals surface area contributed by atoms with Gasteiger partial charge in [-0.25, -0.2) is 18.1 Å². The third-order valence-corrected chi connectivity index (χ3v) is 3.26. The number of aryl methyl sites for hydroxylation is 1. The van der Waals surface area contributed by atoms with Crippen LogP contribution in [0.4, 0.5) is 5.82 Å². The van der Waals surface area contributed by atoms with Gasteiger partial charge in [-0.15, -0.1) is 0 Å². The maximum Gasteiger partial charge on any atom is 0.251 e. The SMILES string of the molecule is CCc1cc(C(=O)NCCNS(C)(=O)=O)cc(NC)n1.